The molecule has 0 amide bonds. The van der Waals surface area contributed by atoms with Crippen LogP contribution in [-0.2, 0) is 12.3 Å². The third kappa shape index (κ3) is 9.39. The van der Waals surface area contributed by atoms with E-state index in [0.29, 0.717) is 0 Å². The third-order valence-electron chi connectivity index (χ3n) is 3.05. The molecule has 0 fully saturated rings. The van der Waals surface area contributed by atoms with Crippen LogP contribution in [0.3, 0.4) is 0 Å². The molecule has 0 saturated heterocycles. The number of hydrogen-bond acceptors (Lipinski definition) is 5. The Hall–Kier alpha value is 0.668. The molecule has 0 aromatic carbocycles. The molecule has 0 aromatic rings. The van der Waals surface area contributed by atoms with Crippen LogP contribution in [0.25, 0.3) is 0 Å². The van der Waals surface area contributed by atoms with Gasteiger partial charge in [-0.3, -0.25) is 0 Å². The van der Waals surface area contributed by atoms with Crippen LogP contribution >= 0.6 is 0 Å². The Kier molecular flexibility index (Phi) is 9.30. The van der Waals surface area contributed by atoms with E-state index < -0.39 is 39.9 Å². The zero-order valence-electron chi connectivity index (χ0n) is 17.4. The molecule has 0 aliphatic carbocycles. The SMILES string of the molecule is CCCC(C(O)CO)[Si](O[Si](C)(C)C)(O[Si](C)(C)C)O[Si](C)(C)C. The maximum atomic E-state index is 10.6. The number of aliphatic hydroxyl groups excluding tert-OH is 2. The molecule has 24 heavy (non-hydrogen) atoms. The van der Waals surface area contributed by atoms with E-state index in [2.05, 4.69) is 65.8 Å². The van der Waals surface area contributed by atoms with E-state index in [1.807, 2.05) is 0 Å². The highest BCUT2D eigenvalue weighted by molar-refractivity contribution is 6.90. The summed E-state index contributed by atoms with van der Waals surface area (Å²) in [7, 11) is -9.10. The van der Waals surface area contributed by atoms with Crippen molar-refractivity contribution >= 4 is 33.8 Å². The lowest BCUT2D eigenvalue weighted by Gasteiger charge is -2.47. The Morgan fingerprint density at radius 1 is 0.750 bits per heavy atom. The Bertz CT molecular complexity index is 333. The van der Waals surface area contributed by atoms with E-state index in [1.54, 1.807) is 0 Å². The lowest BCUT2D eigenvalue weighted by atomic mass is 10.1. The van der Waals surface area contributed by atoms with Crippen molar-refractivity contribution in [3.63, 3.8) is 0 Å². The van der Waals surface area contributed by atoms with E-state index in [0.717, 1.165) is 12.8 Å². The zero-order chi connectivity index (χ0) is 19.4. The standard InChI is InChI=1S/C15H40O5Si4/c1-11-12-15(14(17)13-16)24(18-21(2,3)4,19-22(5,6)7)20-23(8,9)10/h14-17H,11-13H2,1-10H3. The van der Waals surface area contributed by atoms with Crippen molar-refractivity contribution in [2.45, 2.75) is 90.3 Å². The minimum Gasteiger partial charge on any atom is -0.417 e. The molecule has 2 atom stereocenters. The molecule has 0 rings (SSSR count). The smallest absolute Gasteiger partial charge is 0.417 e. The van der Waals surface area contributed by atoms with Gasteiger partial charge in [0.2, 0.25) is 0 Å². The first-order chi connectivity index (χ1) is 10.6. The summed E-state index contributed by atoms with van der Waals surface area (Å²) in [5.41, 5.74) is -0.280. The molecule has 5 nitrogen and oxygen atoms in total. The van der Waals surface area contributed by atoms with Crippen molar-refractivity contribution in [3.05, 3.63) is 0 Å². The predicted molar refractivity (Wildman–Crippen MR) is 111 cm³/mol. The second-order valence-electron chi connectivity index (χ2n) is 9.39. The van der Waals surface area contributed by atoms with Gasteiger partial charge in [0.1, 0.15) is 0 Å². The van der Waals surface area contributed by atoms with Gasteiger partial charge in [-0.2, -0.15) is 0 Å². The van der Waals surface area contributed by atoms with Crippen molar-refractivity contribution in [1.82, 2.24) is 0 Å². The van der Waals surface area contributed by atoms with Crippen LogP contribution in [0.15, 0.2) is 0 Å². The largest absolute Gasteiger partial charge is 0.475 e. The van der Waals surface area contributed by atoms with Crippen LogP contribution in [0.4, 0.5) is 0 Å². The predicted octanol–water partition coefficient (Wildman–Crippen LogP) is 4.00. The molecular weight excluding hydrogens is 373 g/mol. The Balaban J connectivity index is 6.18. The van der Waals surface area contributed by atoms with Gasteiger partial charge in [0.25, 0.3) is 0 Å². The van der Waals surface area contributed by atoms with Gasteiger partial charge in [0.15, 0.2) is 25.0 Å². The molecule has 0 spiro atoms. The molecular formula is C15H40O5Si4. The maximum Gasteiger partial charge on any atom is 0.475 e. The summed E-state index contributed by atoms with van der Waals surface area (Å²) in [6, 6.07) is 0. The van der Waals surface area contributed by atoms with Gasteiger partial charge in [-0.05, 0) is 65.3 Å². The summed E-state index contributed by atoms with van der Waals surface area (Å²) >= 11 is 0. The molecule has 0 aliphatic rings. The topological polar surface area (TPSA) is 68.2 Å². The monoisotopic (exact) mass is 412 g/mol. The fourth-order valence-corrected chi connectivity index (χ4v) is 17.5. The second kappa shape index (κ2) is 9.04. The van der Waals surface area contributed by atoms with Crippen LogP contribution in [0, 0.1) is 0 Å². The van der Waals surface area contributed by atoms with Crippen LogP contribution in [0.1, 0.15) is 19.8 Å². The average Bonchev–Trinajstić information content (AvgIpc) is 2.28. The number of hydrogen-bond donors (Lipinski definition) is 2. The summed E-state index contributed by atoms with van der Waals surface area (Å²) in [6.07, 6.45) is 0.740. The normalized spacial score (nSPS) is 17.0. The van der Waals surface area contributed by atoms with E-state index in [-0.39, 0.29) is 12.1 Å². The molecule has 2 N–H and O–H groups in total. The van der Waals surface area contributed by atoms with Gasteiger partial charge >= 0.3 is 8.80 Å². The highest BCUT2D eigenvalue weighted by Crippen LogP contribution is 2.39. The van der Waals surface area contributed by atoms with Crippen molar-refractivity contribution in [3.8, 4) is 0 Å². The first-order valence-electron chi connectivity index (χ1n) is 8.94. The van der Waals surface area contributed by atoms with Crippen LogP contribution in [-0.4, -0.2) is 56.7 Å². The van der Waals surface area contributed by atoms with E-state index >= 15 is 0 Å². The van der Waals surface area contributed by atoms with E-state index in [1.165, 1.54) is 0 Å². The summed E-state index contributed by atoms with van der Waals surface area (Å²) in [5.74, 6) is 0. The summed E-state index contributed by atoms with van der Waals surface area (Å²) in [5, 5.41) is 20.2. The fourth-order valence-electron chi connectivity index (χ4n) is 2.61. The van der Waals surface area contributed by atoms with E-state index in [9.17, 15) is 10.2 Å². The van der Waals surface area contributed by atoms with Crippen molar-refractivity contribution in [2.75, 3.05) is 6.61 Å². The molecule has 0 aliphatic heterocycles. The molecule has 2 unspecified atom stereocenters. The first-order valence-corrected chi connectivity index (χ1v) is 21.0. The Labute approximate surface area is 153 Å². The Morgan fingerprint density at radius 2 is 1.08 bits per heavy atom. The Morgan fingerprint density at radius 3 is 1.29 bits per heavy atom. The van der Waals surface area contributed by atoms with Crippen molar-refractivity contribution < 1.29 is 22.6 Å². The second-order valence-corrected chi connectivity index (χ2v) is 26.5. The first kappa shape index (κ1) is 24.7. The van der Waals surface area contributed by atoms with Gasteiger partial charge in [0.05, 0.1) is 18.3 Å². The average molecular weight is 413 g/mol. The van der Waals surface area contributed by atoms with Crippen LogP contribution < -0.4 is 0 Å². The van der Waals surface area contributed by atoms with Crippen LogP contribution in [0.5, 0.6) is 0 Å². The molecule has 0 radical (unpaired) electrons. The van der Waals surface area contributed by atoms with Crippen molar-refractivity contribution in [2.24, 2.45) is 0 Å². The zero-order valence-corrected chi connectivity index (χ0v) is 21.4. The highest BCUT2D eigenvalue weighted by atomic mass is 28.5. The molecule has 146 valence electrons. The summed E-state index contributed by atoms with van der Waals surface area (Å²) in [6.45, 7) is 20.9. The van der Waals surface area contributed by atoms with Gasteiger partial charge in [-0.15, -0.1) is 0 Å². The summed E-state index contributed by atoms with van der Waals surface area (Å²) < 4.78 is 19.9. The lowest BCUT2D eigenvalue weighted by Crippen LogP contribution is -2.65. The fraction of sp³-hybridized carbons (Fsp3) is 1.00. The van der Waals surface area contributed by atoms with Crippen LogP contribution in [0.2, 0.25) is 64.5 Å². The molecule has 9 heteroatoms. The maximum absolute atomic E-state index is 10.6. The molecule has 0 bridgehead atoms. The van der Waals surface area contributed by atoms with Gasteiger partial charge in [0, 0.05) is 0 Å². The molecule has 0 aromatic heterocycles. The third-order valence-corrected chi connectivity index (χ3v) is 15.4. The van der Waals surface area contributed by atoms with Gasteiger partial charge in [-0.25, -0.2) is 0 Å². The minimum atomic E-state index is -3.16. The highest BCUT2D eigenvalue weighted by Gasteiger charge is 2.57. The quantitative estimate of drug-likeness (QED) is 0.502. The molecule has 0 saturated carbocycles. The summed E-state index contributed by atoms with van der Waals surface area (Å²) in [4.78, 5) is 0. The lowest BCUT2D eigenvalue weighted by molar-refractivity contribution is 0.0646. The van der Waals surface area contributed by atoms with Gasteiger partial charge in [-0.1, -0.05) is 13.3 Å². The minimum absolute atomic E-state index is 0.280. The van der Waals surface area contributed by atoms with E-state index in [4.69, 9.17) is 12.3 Å². The number of aliphatic hydroxyl groups is 2. The van der Waals surface area contributed by atoms with Crippen molar-refractivity contribution in [1.29, 1.82) is 0 Å². The van der Waals surface area contributed by atoms with Gasteiger partial charge < -0.3 is 22.6 Å². The molecule has 0 heterocycles. The number of rotatable bonds is 11.